The number of hydrogen-bond donors (Lipinski definition) is 2. The zero-order valence-corrected chi connectivity index (χ0v) is 19.7. The fourth-order valence-corrected chi connectivity index (χ4v) is 3.60. The maximum Gasteiger partial charge on any atom is 0.260 e. The molecule has 35 heavy (non-hydrogen) atoms. The molecule has 1 aliphatic heterocycles. The molecular formula is C25H27FN4O5. The Kier molecular flexibility index (Phi) is 7.02. The molecule has 9 nitrogen and oxygen atoms in total. The fourth-order valence-electron chi connectivity index (χ4n) is 3.60. The largest absolute Gasteiger partial charge is 0.488 e. The van der Waals surface area contributed by atoms with Gasteiger partial charge >= 0.3 is 0 Å². The van der Waals surface area contributed by atoms with Gasteiger partial charge < -0.3 is 24.8 Å². The van der Waals surface area contributed by atoms with Gasteiger partial charge in [0.15, 0.2) is 17.4 Å². The molecule has 2 atom stereocenters. The van der Waals surface area contributed by atoms with E-state index in [2.05, 4.69) is 10.4 Å². The molecule has 1 fully saturated rings. The third kappa shape index (κ3) is 5.43. The van der Waals surface area contributed by atoms with Crippen molar-refractivity contribution in [2.75, 3.05) is 18.5 Å². The van der Waals surface area contributed by atoms with Gasteiger partial charge in [-0.05, 0) is 56.7 Å². The van der Waals surface area contributed by atoms with Gasteiger partial charge in [-0.25, -0.2) is 4.39 Å². The van der Waals surface area contributed by atoms with Crippen LogP contribution in [0.3, 0.4) is 0 Å². The van der Waals surface area contributed by atoms with Crippen molar-refractivity contribution in [2.45, 2.75) is 32.4 Å². The van der Waals surface area contributed by atoms with Crippen LogP contribution in [0.2, 0.25) is 0 Å². The molecule has 2 aromatic carbocycles. The number of rotatable bonds is 8. The van der Waals surface area contributed by atoms with E-state index in [0.717, 1.165) is 12.5 Å². The first-order chi connectivity index (χ1) is 16.7. The second-order valence-electron chi connectivity index (χ2n) is 8.48. The summed E-state index contributed by atoms with van der Waals surface area (Å²) in [5.41, 5.74) is 0.309. The first kappa shape index (κ1) is 24.2. The number of halogens is 1. The third-order valence-electron chi connectivity index (χ3n) is 5.72. The van der Waals surface area contributed by atoms with Gasteiger partial charge in [0.25, 0.3) is 11.8 Å². The number of anilines is 1. The molecule has 2 N–H and O–H groups in total. The van der Waals surface area contributed by atoms with Gasteiger partial charge in [-0.2, -0.15) is 5.10 Å². The molecule has 10 heteroatoms. The minimum absolute atomic E-state index is 0.0762. The molecule has 4 rings (SSSR count). The number of benzene rings is 2. The normalized spacial score (nSPS) is 15.8. The standard InChI is InChI=1S/C25H27FN4O5/c1-15-8-11-30(15)25(33)17-4-6-22(20(26)12-17)35-21-7-5-18(34-16(2)14-31)13-19(21)24(32)27-23-9-10-29(3)28-23/h4-7,9-10,12-13,15-16,31H,8,11,14H2,1-3H3,(H,27,28,32)/t15?,16-/m0/s1. The molecule has 2 amide bonds. The molecule has 0 spiro atoms. The zero-order valence-electron chi connectivity index (χ0n) is 19.7. The average molecular weight is 483 g/mol. The van der Waals surface area contributed by atoms with Gasteiger partial charge in [0.1, 0.15) is 17.6 Å². The number of aliphatic hydroxyl groups is 1. The number of nitrogens with zero attached hydrogens (tertiary/aromatic N) is 3. The fraction of sp³-hybridized carbons (Fsp3) is 0.320. The van der Waals surface area contributed by atoms with Crippen molar-refractivity contribution >= 4 is 17.6 Å². The number of carbonyl (C=O) groups excluding carboxylic acids is 2. The Morgan fingerprint density at radius 2 is 2.00 bits per heavy atom. The number of ether oxygens (including phenoxy) is 2. The Morgan fingerprint density at radius 3 is 2.60 bits per heavy atom. The van der Waals surface area contributed by atoms with Gasteiger partial charge in [0.05, 0.1) is 12.2 Å². The number of amides is 2. The highest BCUT2D eigenvalue weighted by Crippen LogP contribution is 2.32. The summed E-state index contributed by atoms with van der Waals surface area (Å²) in [6.45, 7) is 4.07. The zero-order chi connectivity index (χ0) is 25.1. The lowest BCUT2D eigenvalue weighted by molar-refractivity contribution is 0.0501. The number of nitrogens with one attached hydrogen (secondary N) is 1. The molecule has 0 radical (unpaired) electrons. The Morgan fingerprint density at radius 1 is 1.23 bits per heavy atom. The summed E-state index contributed by atoms with van der Waals surface area (Å²) >= 11 is 0. The predicted octanol–water partition coefficient (Wildman–Crippen LogP) is 3.60. The quantitative estimate of drug-likeness (QED) is 0.508. The first-order valence-electron chi connectivity index (χ1n) is 11.3. The minimum Gasteiger partial charge on any atom is -0.488 e. The third-order valence-corrected chi connectivity index (χ3v) is 5.72. The van der Waals surface area contributed by atoms with Crippen LogP contribution < -0.4 is 14.8 Å². The van der Waals surface area contributed by atoms with Crippen molar-refractivity contribution < 1.29 is 28.6 Å². The minimum atomic E-state index is -0.727. The van der Waals surface area contributed by atoms with Crippen LogP contribution in [-0.2, 0) is 7.05 Å². The SMILES string of the molecule is CC1CCN1C(=O)c1ccc(Oc2ccc(O[C@@H](C)CO)cc2C(=O)Nc2ccn(C)n2)c(F)c1. The summed E-state index contributed by atoms with van der Waals surface area (Å²) in [6.07, 6.45) is 2.11. The lowest BCUT2D eigenvalue weighted by Gasteiger charge is -2.38. The molecule has 184 valence electrons. The summed E-state index contributed by atoms with van der Waals surface area (Å²) in [5.74, 6) is -0.902. The maximum atomic E-state index is 14.9. The van der Waals surface area contributed by atoms with E-state index in [4.69, 9.17) is 9.47 Å². The summed E-state index contributed by atoms with van der Waals surface area (Å²) in [4.78, 5) is 27.3. The lowest BCUT2D eigenvalue weighted by atomic mass is 10.0. The second-order valence-corrected chi connectivity index (χ2v) is 8.48. The van der Waals surface area contributed by atoms with E-state index in [9.17, 15) is 19.1 Å². The van der Waals surface area contributed by atoms with Crippen LogP contribution in [0.5, 0.6) is 17.2 Å². The topological polar surface area (TPSA) is 106 Å². The lowest BCUT2D eigenvalue weighted by Crippen LogP contribution is -2.49. The Bertz CT molecular complexity index is 1240. The van der Waals surface area contributed by atoms with Crippen molar-refractivity contribution in [3.05, 3.63) is 65.6 Å². The highest BCUT2D eigenvalue weighted by atomic mass is 19.1. The molecule has 3 aromatic rings. The van der Waals surface area contributed by atoms with Crippen molar-refractivity contribution in [1.82, 2.24) is 14.7 Å². The van der Waals surface area contributed by atoms with Crippen LogP contribution in [0.15, 0.2) is 48.7 Å². The molecule has 2 heterocycles. The van der Waals surface area contributed by atoms with Gasteiger partial charge in [0, 0.05) is 37.5 Å². The van der Waals surface area contributed by atoms with Gasteiger partial charge in [-0.1, -0.05) is 0 Å². The van der Waals surface area contributed by atoms with Gasteiger partial charge in [-0.15, -0.1) is 0 Å². The molecule has 1 aliphatic rings. The molecule has 0 bridgehead atoms. The molecule has 1 unspecified atom stereocenters. The van der Waals surface area contributed by atoms with Crippen LogP contribution in [0.4, 0.5) is 10.2 Å². The van der Waals surface area contributed by atoms with E-state index in [-0.39, 0.29) is 41.2 Å². The number of carbonyl (C=O) groups is 2. The van der Waals surface area contributed by atoms with E-state index in [1.165, 1.54) is 28.9 Å². The summed E-state index contributed by atoms with van der Waals surface area (Å²) in [6, 6.07) is 10.2. The number of aromatic nitrogens is 2. The first-order valence-corrected chi connectivity index (χ1v) is 11.3. The number of aryl methyl sites for hydroxylation is 1. The molecule has 0 aliphatic carbocycles. The Balaban J connectivity index is 1.60. The summed E-state index contributed by atoms with van der Waals surface area (Å²) in [7, 11) is 1.72. The molecule has 1 saturated heterocycles. The predicted molar refractivity (Wildman–Crippen MR) is 126 cm³/mol. The van der Waals surface area contributed by atoms with Crippen LogP contribution >= 0.6 is 0 Å². The highest BCUT2D eigenvalue weighted by molar-refractivity contribution is 6.06. The summed E-state index contributed by atoms with van der Waals surface area (Å²) in [5, 5.41) is 16.1. The smallest absolute Gasteiger partial charge is 0.260 e. The van der Waals surface area contributed by atoms with Crippen LogP contribution in [0, 0.1) is 5.82 Å². The number of hydrogen-bond acceptors (Lipinski definition) is 6. The van der Waals surface area contributed by atoms with Crippen molar-refractivity contribution in [3.63, 3.8) is 0 Å². The van der Waals surface area contributed by atoms with E-state index >= 15 is 0 Å². The van der Waals surface area contributed by atoms with E-state index in [1.54, 1.807) is 37.2 Å². The molecule has 0 saturated carbocycles. The molecule has 1 aromatic heterocycles. The summed E-state index contributed by atoms with van der Waals surface area (Å²) < 4.78 is 27.8. The Labute approximate surface area is 202 Å². The van der Waals surface area contributed by atoms with Gasteiger partial charge in [0.2, 0.25) is 0 Å². The van der Waals surface area contributed by atoms with Gasteiger partial charge in [-0.3, -0.25) is 14.3 Å². The van der Waals surface area contributed by atoms with Crippen LogP contribution in [-0.4, -0.2) is 56.9 Å². The number of likely N-dealkylation sites (tertiary alicyclic amines) is 1. The van der Waals surface area contributed by atoms with Crippen molar-refractivity contribution in [2.24, 2.45) is 7.05 Å². The Hall–Kier alpha value is -3.92. The maximum absolute atomic E-state index is 14.9. The average Bonchev–Trinajstić information content (AvgIpc) is 3.24. The second kappa shape index (κ2) is 10.1. The monoisotopic (exact) mass is 482 g/mol. The van der Waals surface area contributed by atoms with E-state index < -0.39 is 17.8 Å². The van der Waals surface area contributed by atoms with Crippen molar-refractivity contribution in [1.29, 1.82) is 0 Å². The van der Waals surface area contributed by atoms with E-state index in [1.807, 2.05) is 6.92 Å². The van der Waals surface area contributed by atoms with E-state index in [0.29, 0.717) is 18.1 Å². The highest BCUT2D eigenvalue weighted by Gasteiger charge is 2.29. The molecular weight excluding hydrogens is 455 g/mol. The van der Waals surface area contributed by atoms with Crippen LogP contribution in [0.25, 0.3) is 0 Å². The van der Waals surface area contributed by atoms with Crippen LogP contribution in [0.1, 0.15) is 41.0 Å². The van der Waals surface area contributed by atoms with Crippen molar-refractivity contribution in [3.8, 4) is 17.2 Å². The number of aliphatic hydroxyl groups excluding tert-OH is 1.